The van der Waals surface area contributed by atoms with Gasteiger partial charge in [-0.2, -0.15) is 5.26 Å². The number of piperidine rings is 1. The van der Waals surface area contributed by atoms with Gasteiger partial charge in [-0.25, -0.2) is 0 Å². The smallest absolute Gasteiger partial charge is 0.242 e. The molecule has 0 aromatic carbocycles. The first-order valence-corrected chi connectivity index (χ1v) is 6.78. The number of hydrogen-bond acceptors (Lipinski definition) is 2. The van der Waals surface area contributed by atoms with Gasteiger partial charge in [0.1, 0.15) is 5.41 Å². The van der Waals surface area contributed by atoms with Crippen LogP contribution in [-0.4, -0.2) is 23.4 Å². The summed E-state index contributed by atoms with van der Waals surface area (Å²) in [5.74, 6) is 0.729. The Labute approximate surface area is 104 Å². The number of carbonyl (C=O) groups is 1. The number of likely N-dealkylation sites (tertiary alicyclic amines) is 1. The Hall–Kier alpha value is -1.04. The van der Waals surface area contributed by atoms with Crippen LogP contribution in [0, 0.1) is 22.7 Å². The molecule has 2 unspecified atom stereocenters. The van der Waals surface area contributed by atoms with E-state index < -0.39 is 5.41 Å². The Morgan fingerprint density at radius 2 is 1.88 bits per heavy atom. The second-order valence-electron chi connectivity index (χ2n) is 5.99. The van der Waals surface area contributed by atoms with Crippen LogP contribution in [0.2, 0.25) is 0 Å². The third-order valence-corrected chi connectivity index (χ3v) is 4.32. The van der Waals surface area contributed by atoms with Crippen molar-refractivity contribution in [2.45, 2.75) is 58.4 Å². The second-order valence-corrected chi connectivity index (χ2v) is 5.99. The van der Waals surface area contributed by atoms with E-state index in [-0.39, 0.29) is 5.91 Å². The quantitative estimate of drug-likeness (QED) is 0.700. The molecule has 0 radical (unpaired) electrons. The highest BCUT2D eigenvalue weighted by Gasteiger charge is 2.40. The Morgan fingerprint density at radius 1 is 1.24 bits per heavy atom. The summed E-state index contributed by atoms with van der Waals surface area (Å²) in [7, 11) is 0. The van der Waals surface area contributed by atoms with Crippen molar-refractivity contribution in [3.8, 4) is 6.07 Å². The highest BCUT2D eigenvalue weighted by molar-refractivity contribution is 5.85. The van der Waals surface area contributed by atoms with Gasteiger partial charge in [0.15, 0.2) is 0 Å². The van der Waals surface area contributed by atoms with Crippen molar-refractivity contribution < 1.29 is 4.79 Å². The standard InChI is InChI=1S/C14H22N2O/c1-14(2,10-15)13(17)16-9-5-7-11-6-3-4-8-12(11)16/h11-12H,3-9H2,1-2H3. The zero-order valence-corrected chi connectivity index (χ0v) is 10.9. The number of rotatable bonds is 1. The van der Waals surface area contributed by atoms with E-state index in [1.54, 1.807) is 13.8 Å². The van der Waals surface area contributed by atoms with Crippen molar-refractivity contribution in [1.82, 2.24) is 4.90 Å². The van der Waals surface area contributed by atoms with Crippen LogP contribution in [-0.2, 0) is 4.79 Å². The normalized spacial score (nSPS) is 29.4. The maximum Gasteiger partial charge on any atom is 0.242 e. The summed E-state index contributed by atoms with van der Waals surface area (Å²) in [4.78, 5) is 14.4. The van der Waals surface area contributed by atoms with Gasteiger partial charge >= 0.3 is 0 Å². The average Bonchev–Trinajstić information content (AvgIpc) is 2.37. The SMILES string of the molecule is CC(C)(C#N)C(=O)N1CCCC2CCCCC21. The maximum atomic E-state index is 12.4. The summed E-state index contributed by atoms with van der Waals surface area (Å²) >= 11 is 0. The summed E-state index contributed by atoms with van der Waals surface area (Å²) in [6.07, 6.45) is 7.32. The fraction of sp³-hybridized carbons (Fsp3) is 0.857. The Balaban J connectivity index is 2.14. The highest BCUT2D eigenvalue weighted by atomic mass is 16.2. The molecule has 2 rings (SSSR count). The van der Waals surface area contributed by atoms with Crippen molar-refractivity contribution in [3.63, 3.8) is 0 Å². The predicted molar refractivity (Wildman–Crippen MR) is 66.1 cm³/mol. The minimum absolute atomic E-state index is 0.0385. The van der Waals surface area contributed by atoms with Crippen molar-refractivity contribution in [2.24, 2.45) is 11.3 Å². The van der Waals surface area contributed by atoms with Crippen LogP contribution >= 0.6 is 0 Å². The lowest BCUT2D eigenvalue weighted by Crippen LogP contribution is -2.53. The van der Waals surface area contributed by atoms with E-state index in [9.17, 15) is 4.79 Å². The second kappa shape index (κ2) is 4.68. The Kier molecular flexibility index (Phi) is 3.42. The summed E-state index contributed by atoms with van der Waals surface area (Å²) < 4.78 is 0. The van der Waals surface area contributed by atoms with Gasteiger partial charge in [-0.1, -0.05) is 12.8 Å². The van der Waals surface area contributed by atoms with Crippen LogP contribution in [0.15, 0.2) is 0 Å². The van der Waals surface area contributed by atoms with E-state index in [2.05, 4.69) is 6.07 Å². The van der Waals surface area contributed by atoms with Gasteiger partial charge in [0.25, 0.3) is 0 Å². The lowest BCUT2D eigenvalue weighted by Gasteiger charge is -2.45. The number of fused-ring (bicyclic) bond motifs is 1. The molecule has 0 aromatic rings. The van der Waals surface area contributed by atoms with E-state index in [0.29, 0.717) is 12.0 Å². The molecule has 1 amide bonds. The third kappa shape index (κ3) is 2.31. The lowest BCUT2D eigenvalue weighted by molar-refractivity contribution is -0.144. The van der Waals surface area contributed by atoms with E-state index in [0.717, 1.165) is 19.4 Å². The van der Waals surface area contributed by atoms with E-state index in [1.807, 2.05) is 4.90 Å². The zero-order valence-electron chi connectivity index (χ0n) is 10.9. The minimum atomic E-state index is -0.862. The number of amides is 1. The molecule has 2 atom stereocenters. The molecule has 0 bridgehead atoms. The van der Waals surface area contributed by atoms with Gasteiger partial charge in [-0.3, -0.25) is 4.79 Å². The molecular weight excluding hydrogens is 212 g/mol. The van der Waals surface area contributed by atoms with E-state index >= 15 is 0 Å². The van der Waals surface area contributed by atoms with E-state index in [1.165, 1.54) is 25.7 Å². The lowest BCUT2D eigenvalue weighted by atomic mass is 9.77. The first-order chi connectivity index (χ1) is 8.06. The molecule has 1 aliphatic heterocycles. The van der Waals surface area contributed by atoms with Crippen LogP contribution in [0.25, 0.3) is 0 Å². The molecule has 2 fully saturated rings. The molecule has 0 N–H and O–H groups in total. The van der Waals surface area contributed by atoms with Crippen molar-refractivity contribution in [3.05, 3.63) is 0 Å². The van der Waals surface area contributed by atoms with Crippen LogP contribution in [0.5, 0.6) is 0 Å². The fourth-order valence-corrected chi connectivity index (χ4v) is 3.28. The molecular formula is C14H22N2O. The molecule has 3 nitrogen and oxygen atoms in total. The summed E-state index contributed by atoms with van der Waals surface area (Å²) in [5.41, 5.74) is -0.862. The average molecular weight is 234 g/mol. The molecule has 0 spiro atoms. The zero-order chi connectivity index (χ0) is 12.5. The van der Waals surface area contributed by atoms with Crippen LogP contribution in [0.4, 0.5) is 0 Å². The molecule has 2 aliphatic rings. The fourth-order valence-electron chi connectivity index (χ4n) is 3.28. The first-order valence-electron chi connectivity index (χ1n) is 6.78. The largest absolute Gasteiger partial charge is 0.338 e. The van der Waals surface area contributed by atoms with Crippen LogP contribution < -0.4 is 0 Å². The van der Waals surface area contributed by atoms with Crippen molar-refractivity contribution >= 4 is 5.91 Å². The Bertz CT molecular complexity index is 341. The molecule has 17 heavy (non-hydrogen) atoms. The molecule has 0 aromatic heterocycles. The number of hydrogen-bond donors (Lipinski definition) is 0. The minimum Gasteiger partial charge on any atom is -0.338 e. The van der Waals surface area contributed by atoms with E-state index in [4.69, 9.17) is 5.26 Å². The number of carbonyl (C=O) groups excluding carboxylic acids is 1. The van der Waals surface area contributed by atoms with Gasteiger partial charge in [0.05, 0.1) is 6.07 Å². The van der Waals surface area contributed by atoms with Gasteiger partial charge < -0.3 is 4.90 Å². The van der Waals surface area contributed by atoms with Crippen LogP contribution in [0.3, 0.4) is 0 Å². The molecule has 94 valence electrons. The summed E-state index contributed by atoms with van der Waals surface area (Å²) in [6, 6.07) is 2.56. The third-order valence-electron chi connectivity index (χ3n) is 4.32. The Morgan fingerprint density at radius 3 is 2.59 bits per heavy atom. The molecule has 1 saturated heterocycles. The monoisotopic (exact) mass is 234 g/mol. The predicted octanol–water partition coefficient (Wildman–Crippen LogP) is 2.72. The summed E-state index contributed by atoms with van der Waals surface area (Å²) in [6.45, 7) is 4.33. The van der Waals surface area contributed by atoms with Crippen molar-refractivity contribution in [2.75, 3.05) is 6.54 Å². The molecule has 3 heteroatoms. The van der Waals surface area contributed by atoms with Gasteiger partial charge in [-0.15, -0.1) is 0 Å². The van der Waals surface area contributed by atoms with Gasteiger partial charge in [-0.05, 0) is 45.4 Å². The molecule has 1 aliphatic carbocycles. The highest BCUT2D eigenvalue weighted by Crippen LogP contribution is 2.37. The molecule has 1 saturated carbocycles. The van der Waals surface area contributed by atoms with Gasteiger partial charge in [0, 0.05) is 12.6 Å². The first kappa shape index (κ1) is 12.4. The van der Waals surface area contributed by atoms with Gasteiger partial charge in [0.2, 0.25) is 5.91 Å². The number of nitriles is 1. The molecule has 1 heterocycles. The summed E-state index contributed by atoms with van der Waals surface area (Å²) in [5, 5.41) is 9.09. The van der Waals surface area contributed by atoms with Crippen LogP contribution in [0.1, 0.15) is 52.4 Å². The topological polar surface area (TPSA) is 44.1 Å². The maximum absolute atomic E-state index is 12.4. The van der Waals surface area contributed by atoms with Crippen molar-refractivity contribution in [1.29, 1.82) is 5.26 Å². The number of nitrogens with zero attached hydrogens (tertiary/aromatic N) is 2.